The first-order valence-corrected chi connectivity index (χ1v) is 17.0. The second-order valence-corrected chi connectivity index (χ2v) is 12.6. The Kier molecular flexibility index (Phi) is 7.79. The minimum Gasteiger partial charge on any atom is -0.441 e. The van der Waals surface area contributed by atoms with Crippen molar-refractivity contribution in [2.24, 2.45) is 0 Å². The molecule has 1 atom stereocenters. The quantitative estimate of drug-likeness (QED) is 0.158. The van der Waals surface area contributed by atoms with Gasteiger partial charge in [-0.25, -0.2) is 4.79 Å². The van der Waals surface area contributed by atoms with E-state index in [2.05, 4.69) is 123 Å². The van der Waals surface area contributed by atoms with Crippen molar-refractivity contribution in [3.05, 3.63) is 141 Å². The molecule has 0 saturated carbocycles. The molecule has 0 aliphatic carbocycles. The Balaban J connectivity index is 1.62. The lowest BCUT2D eigenvalue weighted by molar-refractivity contribution is 0.0276. The van der Waals surface area contributed by atoms with Crippen LogP contribution in [0, 0.1) is 13.8 Å². The molecular formula is C42H43N3O2. The summed E-state index contributed by atoms with van der Waals surface area (Å²) in [6.07, 6.45) is 4.04. The number of anilines is 1. The summed E-state index contributed by atoms with van der Waals surface area (Å²) in [6, 6.07) is 29.5. The summed E-state index contributed by atoms with van der Waals surface area (Å²) in [7, 11) is 0. The molecule has 6 aromatic rings. The van der Waals surface area contributed by atoms with Gasteiger partial charge in [-0.1, -0.05) is 68.4 Å². The number of benzene rings is 4. The molecule has 0 saturated heterocycles. The third kappa shape index (κ3) is 4.79. The Bertz CT molecular complexity index is 2070. The molecule has 1 unspecified atom stereocenters. The topological polar surface area (TPSA) is 61.1 Å². The van der Waals surface area contributed by atoms with Gasteiger partial charge in [-0.3, -0.25) is 0 Å². The van der Waals surface area contributed by atoms with E-state index in [0.29, 0.717) is 5.56 Å². The molecule has 4 aromatic carbocycles. The normalized spacial score (nSPS) is 15.7. The molecule has 0 radical (unpaired) electrons. The average molecular weight is 622 g/mol. The maximum absolute atomic E-state index is 13.8. The largest absolute Gasteiger partial charge is 0.441 e. The van der Waals surface area contributed by atoms with Gasteiger partial charge in [0.05, 0.1) is 5.56 Å². The Morgan fingerprint density at radius 3 is 1.81 bits per heavy atom. The molecule has 238 valence electrons. The fraction of sp³-hybridized carbons (Fsp3) is 0.262. The van der Waals surface area contributed by atoms with E-state index < -0.39 is 5.60 Å². The lowest BCUT2D eigenvalue weighted by Crippen LogP contribution is -2.27. The van der Waals surface area contributed by atoms with E-state index in [0.717, 1.165) is 81.9 Å². The number of carbonyl (C=O) groups excluding carboxylic acids is 1. The first kappa shape index (κ1) is 30.6. The molecule has 0 bridgehead atoms. The van der Waals surface area contributed by atoms with Crippen molar-refractivity contribution in [1.82, 2.24) is 9.97 Å². The molecular weight excluding hydrogens is 578 g/mol. The van der Waals surface area contributed by atoms with Crippen LogP contribution in [0.25, 0.3) is 27.4 Å². The van der Waals surface area contributed by atoms with Gasteiger partial charge in [-0.05, 0) is 93.6 Å². The van der Waals surface area contributed by atoms with Crippen molar-refractivity contribution in [2.45, 2.75) is 60.0 Å². The SMILES string of the molecule is CCc1cccc2[nH]c(C)c(C(=CC3(c4ccc(N(CC)CC)cc4)OC(=O)c4ccccc43)c3c(C)[nH]c4cccc(CC)c34)c12. The zero-order chi connectivity index (χ0) is 32.9. The number of H-pyrrole nitrogens is 2. The Labute approximate surface area is 277 Å². The molecule has 2 aromatic heterocycles. The number of hydrogen-bond acceptors (Lipinski definition) is 3. The smallest absolute Gasteiger partial charge is 0.340 e. The van der Waals surface area contributed by atoms with Gasteiger partial charge < -0.3 is 19.6 Å². The number of fused-ring (bicyclic) bond motifs is 3. The highest BCUT2D eigenvalue weighted by atomic mass is 16.6. The van der Waals surface area contributed by atoms with Gasteiger partial charge in [0.15, 0.2) is 5.60 Å². The number of aromatic nitrogens is 2. The Morgan fingerprint density at radius 1 is 0.723 bits per heavy atom. The first-order chi connectivity index (χ1) is 22.8. The van der Waals surface area contributed by atoms with Crippen LogP contribution in [0.3, 0.4) is 0 Å². The van der Waals surface area contributed by atoms with Crippen LogP contribution in [0.1, 0.15) is 82.8 Å². The van der Waals surface area contributed by atoms with E-state index >= 15 is 0 Å². The fourth-order valence-corrected chi connectivity index (χ4v) is 7.79. The number of aryl methyl sites for hydroxylation is 4. The van der Waals surface area contributed by atoms with Crippen LogP contribution in [0.15, 0.2) is 91.0 Å². The number of hydrogen-bond donors (Lipinski definition) is 2. The maximum atomic E-state index is 13.8. The molecule has 0 amide bonds. The second-order valence-electron chi connectivity index (χ2n) is 12.6. The Hall–Kier alpha value is -5.03. The monoisotopic (exact) mass is 621 g/mol. The van der Waals surface area contributed by atoms with E-state index in [9.17, 15) is 4.79 Å². The molecule has 1 aliphatic heterocycles. The number of ether oxygens (including phenoxy) is 1. The summed E-state index contributed by atoms with van der Waals surface area (Å²) in [4.78, 5) is 23.5. The molecule has 47 heavy (non-hydrogen) atoms. The number of carbonyl (C=O) groups is 1. The van der Waals surface area contributed by atoms with Gasteiger partial charge in [-0.2, -0.15) is 0 Å². The third-order valence-electron chi connectivity index (χ3n) is 10.1. The van der Waals surface area contributed by atoms with Crippen molar-refractivity contribution in [2.75, 3.05) is 18.0 Å². The minimum atomic E-state index is -1.14. The summed E-state index contributed by atoms with van der Waals surface area (Å²) >= 11 is 0. The van der Waals surface area contributed by atoms with Crippen LogP contribution in [0.2, 0.25) is 0 Å². The van der Waals surface area contributed by atoms with Gasteiger partial charge in [0.2, 0.25) is 0 Å². The fourth-order valence-electron chi connectivity index (χ4n) is 7.79. The van der Waals surface area contributed by atoms with Crippen molar-refractivity contribution in [3.63, 3.8) is 0 Å². The molecule has 5 nitrogen and oxygen atoms in total. The zero-order valence-electron chi connectivity index (χ0n) is 28.3. The standard InChI is InChI=1S/C42H43N3O2/c1-7-28-15-13-19-35-39(28)37(26(5)43-35)33(38-27(6)44-36-20-14-16-29(8-2)40(36)38)25-42(34-18-12-11-17-32(34)41(46)47-42)30-21-23-31(24-22-30)45(9-3)10-4/h11-25,43-44H,7-10H2,1-6H3. The maximum Gasteiger partial charge on any atom is 0.340 e. The number of esters is 1. The van der Waals surface area contributed by atoms with Gasteiger partial charge in [0.1, 0.15) is 0 Å². The number of aromatic amines is 2. The average Bonchev–Trinajstić information content (AvgIpc) is 3.72. The van der Waals surface area contributed by atoms with Gasteiger partial charge in [0.25, 0.3) is 0 Å². The van der Waals surface area contributed by atoms with Crippen molar-refractivity contribution < 1.29 is 9.53 Å². The predicted octanol–water partition coefficient (Wildman–Crippen LogP) is 9.78. The van der Waals surface area contributed by atoms with Crippen LogP contribution in [0.4, 0.5) is 5.69 Å². The number of cyclic esters (lactones) is 1. The number of rotatable bonds is 9. The summed E-state index contributed by atoms with van der Waals surface area (Å²) < 4.78 is 6.65. The van der Waals surface area contributed by atoms with Crippen molar-refractivity contribution >= 4 is 39.0 Å². The molecule has 7 rings (SSSR count). The molecule has 3 heterocycles. The van der Waals surface area contributed by atoms with E-state index in [1.807, 2.05) is 24.3 Å². The number of nitrogens with one attached hydrogen (secondary N) is 2. The van der Waals surface area contributed by atoms with Crippen LogP contribution in [-0.4, -0.2) is 29.0 Å². The van der Waals surface area contributed by atoms with E-state index in [4.69, 9.17) is 4.74 Å². The highest BCUT2D eigenvalue weighted by molar-refractivity contribution is 6.08. The van der Waals surface area contributed by atoms with E-state index in [-0.39, 0.29) is 5.97 Å². The summed E-state index contributed by atoms with van der Waals surface area (Å²) in [5.41, 5.74) is 12.7. The van der Waals surface area contributed by atoms with Gasteiger partial charge >= 0.3 is 5.97 Å². The summed E-state index contributed by atoms with van der Waals surface area (Å²) in [5.74, 6) is -0.307. The molecule has 1 aliphatic rings. The number of nitrogens with zero attached hydrogens (tertiary/aromatic N) is 1. The van der Waals surface area contributed by atoms with E-state index in [1.165, 1.54) is 21.9 Å². The highest BCUT2D eigenvalue weighted by Gasteiger charge is 2.46. The lowest BCUT2D eigenvalue weighted by atomic mass is 9.80. The Morgan fingerprint density at radius 2 is 1.28 bits per heavy atom. The summed E-state index contributed by atoms with van der Waals surface area (Å²) in [6.45, 7) is 14.9. The molecule has 2 N–H and O–H groups in total. The van der Waals surface area contributed by atoms with Crippen LogP contribution < -0.4 is 4.90 Å². The van der Waals surface area contributed by atoms with Crippen LogP contribution in [0.5, 0.6) is 0 Å². The van der Waals surface area contributed by atoms with Crippen LogP contribution >= 0.6 is 0 Å². The molecule has 0 fully saturated rings. The predicted molar refractivity (Wildman–Crippen MR) is 195 cm³/mol. The highest BCUT2D eigenvalue weighted by Crippen LogP contribution is 2.49. The lowest BCUT2D eigenvalue weighted by Gasteiger charge is -2.29. The second kappa shape index (κ2) is 12.0. The molecule has 0 spiro atoms. The van der Waals surface area contributed by atoms with Gasteiger partial charge in [-0.15, -0.1) is 0 Å². The van der Waals surface area contributed by atoms with Gasteiger partial charge in [0, 0.05) is 74.2 Å². The minimum absolute atomic E-state index is 0.307. The third-order valence-corrected chi connectivity index (χ3v) is 10.1. The van der Waals surface area contributed by atoms with Crippen LogP contribution in [-0.2, 0) is 23.2 Å². The van der Waals surface area contributed by atoms with E-state index in [1.54, 1.807) is 0 Å². The zero-order valence-corrected chi connectivity index (χ0v) is 28.3. The van der Waals surface area contributed by atoms with Crippen molar-refractivity contribution in [1.29, 1.82) is 0 Å². The summed E-state index contributed by atoms with van der Waals surface area (Å²) in [5, 5.41) is 2.43. The van der Waals surface area contributed by atoms with Crippen molar-refractivity contribution in [3.8, 4) is 0 Å². The first-order valence-electron chi connectivity index (χ1n) is 17.0. The molecule has 5 heteroatoms.